The van der Waals surface area contributed by atoms with E-state index < -0.39 is 18.0 Å². The molecule has 0 aromatic heterocycles. The van der Waals surface area contributed by atoms with Gasteiger partial charge < -0.3 is 19.4 Å². The molecule has 37 heavy (non-hydrogen) atoms. The SMILES string of the molecule is CN(C(=O)Oc1ccc(F)cc1)[C@@H]1CN(C(=O)C2CCN(C(=O)CC#N)CC2)C[C@H]1c1ccc(F)cc1. The van der Waals surface area contributed by atoms with E-state index >= 15 is 0 Å². The molecule has 2 atom stereocenters. The van der Waals surface area contributed by atoms with Gasteiger partial charge in [0, 0.05) is 45.1 Å². The van der Waals surface area contributed by atoms with Crippen LogP contribution in [0.2, 0.25) is 0 Å². The molecular weight excluding hydrogens is 482 g/mol. The number of amides is 3. The molecule has 0 radical (unpaired) electrons. The number of nitrogens with zero attached hydrogens (tertiary/aromatic N) is 4. The molecule has 2 aliphatic heterocycles. The maximum absolute atomic E-state index is 13.6. The van der Waals surface area contributed by atoms with Crippen molar-refractivity contribution in [1.82, 2.24) is 14.7 Å². The van der Waals surface area contributed by atoms with Gasteiger partial charge in [0.05, 0.1) is 12.1 Å². The van der Waals surface area contributed by atoms with Crippen molar-refractivity contribution < 1.29 is 27.9 Å². The lowest BCUT2D eigenvalue weighted by Crippen LogP contribution is -2.45. The van der Waals surface area contributed by atoms with E-state index in [1.807, 2.05) is 6.07 Å². The summed E-state index contributed by atoms with van der Waals surface area (Å²) < 4.78 is 32.2. The Morgan fingerprint density at radius 1 is 0.973 bits per heavy atom. The highest BCUT2D eigenvalue weighted by Crippen LogP contribution is 2.33. The van der Waals surface area contributed by atoms with Crippen molar-refractivity contribution in [3.63, 3.8) is 0 Å². The molecule has 2 aromatic rings. The van der Waals surface area contributed by atoms with Gasteiger partial charge in [-0.05, 0) is 54.8 Å². The molecule has 0 N–H and O–H groups in total. The Kier molecular flexibility index (Phi) is 8.01. The summed E-state index contributed by atoms with van der Waals surface area (Å²) in [6.07, 6.45) is 0.177. The number of likely N-dealkylation sites (tertiary alicyclic amines) is 2. The van der Waals surface area contributed by atoms with Crippen molar-refractivity contribution >= 4 is 17.9 Å². The Bertz CT molecular complexity index is 1170. The third-order valence-corrected chi connectivity index (χ3v) is 7.13. The zero-order valence-corrected chi connectivity index (χ0v) is 20.5. The van der Waals surface area contributed by atoms with Gasteiger partial charge in [0.15, 0.2) is 0 Å². The van der Waals surface area contributed by atoms with Gasteiger partial charge in [-0.1, -0.05) is 12.1 Å². The summed E-state index contributed by atoms with van der Waals surface area (Å²) in [6, 6.07) is 12.5. The molecule has 2 aromatic carbocycles. The second-order valence-electron chi connectivity index (χ2n) is 9.39. The number of nitriles is 1. The maximum atomic E-state index is 13.6. The number of hydrogen-bond donors (Lipinski definition) is 0. The smallest absolute Gasteiger partial charge is 0.410 e. The van der Waals surface area contributed by atoms with Gasteiger partial charge in [-0.2, -0.15) is 5.26 Å². The van der Waals surface area contributed by atoms with E-state index in [2.05, 4.69) is 0 Å². The number of ether oxygens (including phenoxy) is 1. The lowest BCUT2D eigenvalue weighted by Gasteiger charge is -2.33. The molecule has 2 aliphatic rings. The van der Waals surface area contributed by atoms with E-state index in [1.165, 1.54) is 41.3 Å². The third kappa shape index (κ3) is 6.05. The number of carbonyl (C=O) groups is 3. The molecule has 0 aliphatic carbocycles. The first-order valence-corrected chi connectivity index (χ1v) is 12.2. The van der Waals surface area contributed by atoms with Crippen molar-refractivity contribution in [2.75, 3.05) is 33.2 Å². The Balaban J connectivity index is 1.47. The summed E-state index contributed by atoms with van der Waals surface area (Å²) in [5.74, 6) is -1.46. The quantitative estimate of drug-likeness (QED) is 0.614. The molecule has 4 rings (SSSR count). The average Bonchev–Trinajstić information content (AvgIpc) is 3.35. The number of likely N-dealkylation sites (N-methyl/N-ethyl adjacent to an activating group) is 1. The van der Waals surface area contributed by atoms with Crippen LogP contribution in [0.15, 0.2) is 48.5 Å². The topological polar surface area (TPSA) is 93.9 Å². The predicted molar refractivity (Wildman–Crippen MR) is 129 cm³/mol. The Hall–Kier alpha value is -4.00. The normalized spacial score (nSPS) is 19.8. The van der Waals surface area contributed by atoms with E-state index in [0.29, 0.717) is 32.5 Å². The molecule has 194 valence electrons. The molecular formula is C27H28F2N4O4. The molecule has 0 unspecified atom stereocenters. The van der Waals surface area contributed by atoms with Crippen LogP contribution in [0.5, 0.6) is 5.75 Å². The standard InChI is InChI=1S/C27H28F2N4O4/c1-31(27(36)37-22-8-6-21(29)7-9-22)24-17-33(16-23(24)18-2-4-20(28)5-3-18)26(35)19-11-14-32(15-12-19)25(34)10-13-30/h2-9,19,23-24H,10-12,14-17H2,1H3/t23-,24+/m0/s1. The third-order valence-electron chi connectivity index (χ3n) is 7.13. The molecule has 2 heterocycles. The summed E-state index contributed by atoms with van der Waals surface area (Å²) in [5, 5.41) is 8.76. The zero-order valence-electron chi connectivity index (χ0n) is 20.5. The van der Waals surface area contributed by atoms with E-state index in [9.17, 15) is 23.2 Å². The van der Waals surface area contributed by atoms with E-state index in [4.69, 9.17) is 10.00 Å². The molecule has 10 heteroatoms. The molecule has 2 saturated heterocycles. The first-order valence-electron chi connectivity index (χ1n) is 12.2. The minimum atomic E-state index is -0.651. The van der Waals surface area contributed by atoms with E-state index in [-0.39, 0.29) is 48.2 Å². The van der Waals surface area contributed by atoms with Gasteiger partial charge in [-0.15, -0.1) is 0 Å². The van der Waals surface area contributed by atoms with Gasteiger partial charge in [0.1, 0.15) is 23.8 Å². The lowest BCUT2D eigenvalue weighted by molar-refractivity contribution is -0.139. The highest BCUT2D eigenvalue weighted by molar-refractivity contribution is 5.81. The lowest BCUT2D eigenvalue weighted by atomic mass is 9.93. The minimum Gasteiger partial charge on any atom is -0.410 e. The van der Waals surface area contributed by atoms with Crippen molar-refractivity contribution in [2.24, 2.45) is 5.92 Å². The van der Waals surface area contributed by atoms with Crippen molar-refractivity contribution in [3.8, 4) is 11.8 Å². The summed E-state index contributed by atoms with van der Waals surface area (Å²) in [4.78, 5) is 43.1. The molecule has 2 fully saturated rings. The summed E-state index contributed by atoms with van der Waals surface area (Å²) in [7, 11) is 1.58. The zero-order chi connectivity index (χ0) is 26.5. The average molecular weight is 511 g/mol. The molecule has 8 nitrogen and oxygen atoms in total. The summed E-state index contributed by atoms with van der Waals surface area (Å²) in [5.41, 5.74) is 0.792. The van der Waals surface area contributed by atoms with Crippen LogP contribution < -0.4 is 4.74 Å². The van der Waals surface area contributed by atoms with Crippen molar-refractivity contribution in [2.45, 2.75) is 31.2 Å². The highest BCUT2D eigenvalue weighted by Gasteiger charge is 2.42. The van der Waals surface area contributed by atoms with Crippen LogP contribution in [0.3, 0.4) is 0 Å². The Morgan fingerprint density at radius 2 is 1.57 bits per heavy atom. The van der Waals surface area contributed by atoms with Crippen molar-refractivity contribution in [1.29, 1.82) is 5.26 Å². The molecule has 0 spiro atoms. The second kappa shape index (κ2) is 11.4. The van der Waals surface area contributed by atoms with E-state index in [1.54, 1.807) is 29.0 Å². The largest absolute Gasteiger partial charge is 0.415 e. The fourth-order valence-electron chi connectivity index (χ4n) is 5.02. The number of rotatable bonds is 5. The van der Waals surface area contributed by atoms with E-state index in [0.717, 1.165) is 5.56 Å². The van der Waals surface area contributed by atoms with Gasteiger partial charge >= 0.3 is 6.09 Å². The second-order valence-corrected chi connectivity index (χ2v) is 9.39. The molecule has 0 saturated carbocycles. The predicted octanol–water partition coefficient (Wildman–Crippen LogP) is 3.54. The number of carbonyl (C=O) groups excluding carboxylic acids is 3. The van der Waals surface area contributed by atoms with Crippen molar-refractivity contribution in [3.05, 3.63) is 65.7 Å². The van der Waals surface area contributed by atoms with Gasteiger partial charge in [0.25, 0.3) is 0 Å². The van der Waals surface area contributed by atoms with Crippen LogP contribution in [0.1, 0.15) is 30.7 Å². The van der Waals surface area contributed by atoms with Crippen LogP contribution in [0, 0.1) is 28.9 Å². The van der Waals surface area contributed by atoms with Crippen LogP contribution in [0.4, 0.5) is 13.6 Å². The van der Waals surface area contributed by atoms with Crippen LogP contribution in [-0.2, 0) is 9.59 Å². The first-order chi connectivity index (χ1) is 17.8. The molecule has 3 amide bonds. The number of benzene rings is 2. The number of hydrogen-bond acceptors (Lipinski definition) is 5. The van der Waals surface area contributed by atoms with Crippen LogP contribution in [-0.4, -0.2) is 71.9 Å². The number of halogens is 2. The van der Waals surface area contributed by atoms with Crippen LogP contribution >= 0.6 is 0 Å². The first kappa shape index (κ1) is 26.1. The summed E-state index contributed by atoms with van der Waals surface area (Å²) >= 11 is 0. The Labute approximate surface area is 214 Å². The maximum Gasteiger partial charge on any atom is 0.415 e. The monoisotopic (exact) mass is 510 g/mol. The minimum absolute atomic E-state index is 0.0534. The molecule has 0 bridgehead atoms. The Morgan fingerprint density at radius 3 is 2.16 bits per heavy atom. The van der Waals surface area contributed by atoms with Gasteiger partial charge in [0.2, 0.25) is 11.8 Å². The fourth-order valence-corrected chi connectivity index (χ4v) is 5.02. The highest BCUT2D eigenvalue weighted by atomic mass is 19.1. The van der Waals surface area contributed by atoms with Gasteiger partial charge in [-0.3, -0.25) is 9.59 Å². The van der Waals surface area contributed by atoms with Crippen LogP contribution in [0.25, 0.3) is 0 Å². The summed E-state index contributed by atoms with van der Waals surface area (Å²) in [6.45, 7) is 1.44. The van der Waals surface area contributed by atoms with Gasteiger partial charge in [-0.25, -0.2) is 13.6 Å². The number of piperidine rings is 1. The fraction of sp³-hybridized carbons (Fsp3) is 0.407.